The number of fused-ring (bicyclic) bond motifs is 1. The minimum atomic E-state index is -0.594. The van der Waals surface area contributed by atoms with Gasteiger partial charge in [-0.25, -0.2) is 0 Å². The molecule has 0 spiro atoms. The number of amides is 1. The molecule has 0 saturated carbocycles. The van der Waals surface area contributed by atoms with Gasteiger partial charge in [0.05, 0.1) is 19.3 Å². The molecule has 0 bridgehead atoms. The van der Waals surface area contributed by atoms with E-state index in [9.17, 15) is 9.90 Å². The second-order valence-corrected chi connectivity index (χ2v) is 10.6. The van der Waals surface area contributed by atoms with Crippen molar-refractivity contribution in [3.8, 4) is 11.5 Å². The number of ether oxygens (including phenoxy) is 2. The molecule has 1 amide bonds. The largest absolute Gasteiger partial charge is 0.497 e. The summed E-state index contributed by atoms with van der Waals surface area (Å²) >= 11 is 0. The zero-order valence-corrected chi connectivity index (χ0v) is 23.5. The average Bonchev–Trinajstić information content (AvgIpc) is 3.33. The molecule has 0 unspecified atom stereocenters. The van der Waals surface area contributed by atoms with Crippen LogP contribution in [-0.4, -0.2) is 30.3 Å². The average molecular weight is 551 g/mol. The van der Waals surface area contributed by atoms with E-state index in [-0.39, 0.29) is 18.0 Å². The van der Waals surface area contributed by atoms with Gasteiger partial charge in [-0.3, -0.25) is 4.79 Å². The van der Waals surface area contributed by atoms with Gasteiger partial charge < -0.3 is 25.2 Å². The van der Waals surface area contributed by atoms with Crippen LogP contribution < -0.4 is 20.1 Å². The first-order valence-corrected chi connectivity index (χ1v) is 14.2. The fourth-order valence-corrected chi connectivity index (χ4v) is 5.33. The first-order valence-electron chi connectivity index (χ1n) is 14.2. The van der Waals surface area contributed by atoms with Crippen molar-refractivity contribution in [2.24, 2.45) is 0 Å². The van der Waals surface area contributed by atoms with Gasteiger partial charge in [0, 0.05) is 25.4 Å². The first kappa shape index (κ1) is 28.4. The monoisotopic (exact) mass is 550 g/mol. The molecular weight excluding hydrogens is 512 g/mol. The number of nitrogens with one attached hydrogen (secondary N) is 2. The summed E-state index contributed by atoms with van der Waals surface area (Å²) in [6.45, 7) is 1.21. The molecule has 3 atom stereocenters. The maximum absolute atomic E-state index is 13.0. The molecule has 6 nitrogen and oxygen atoms in total. The fourth-order valence-electron chi connectivity index (χ4n) is 5.33. The molecule has 1 aliphatic rings. The van der Waals surface area contributed by atoms with Gasteiger partial charge in [-0.1, -0.05) is 78.9 Å². The van der Waals surface area contributed by atoms with Crippen molar-refractivity contribution in [1.29, 1.82) is 0 Å². The summed E-state index contributed by atoms with van der Waals surface area (Å²) in [5.41, 5.74) is 5.56. The Morgan fingerprint density at radius 2 is 1.54 bits per heavy atom. The van der Waals surface area contributed by atoms with Crippen molar-refractivity contribution in [3.63, 3.8) is 0 Å². The van der Waals surface area contributed by atoms with Gasteiger partial charge in [0.15, 0.2) is 0 Å². The van der Waals surface area contributed by atoms with E-state index in [1.165, 1.54) is 5.56 Å². The van der Waals surface area contributed by atoms with Crippen LogP contribution in [0, 0.1) is 0 Å². The summed E-state index contributed by atoms with van der Waals surface area (Å²) in [6, 6.07) is 34.0. The Balaban J connectivity index is 1.19. The Morgan fingerprint density at radius 1 is 0.854 bits per heavy atom. The van der Waals surface area contributed by atoms with Crippen molar-refractivity contribution in [1.82, 2.24) is 10.6 Å². The zero-order chi connectivity index (χ0) is 28.4. The van der Waals surface area contributed by atoms with E-state index in [4.69, 9.17) is 9.47 Å². The minimum Gasteiger partial charge on any atom is -0.497 e. The van der Waals surface area contributed by atoms with Gasteiger partial charge in [0.25, 0.3) is 0 Å². The van der Waals surface area contributed by atoms with Crippen LogP contribution in [-0.2, 0) is 30.8 Å². The van der Waals surface area contributed by atoms with Gasteiger partial charge in [0.2, 0.25) is 5.91 Å². The Labute approximate surface area is 242 Å². The Kier molecular flexibility index (Phi) is 9.68. The summed E-state index contributed by atoms with van der Waals surface area (Å²) in [5, 5.41) is 17.3. The van der Waals surface area contributed by atoms with Gasteiger partial charge in [-0.2, -0.15) is 0 Å². The molecule has 0 aliphatic heterocycles. The van der Waals surface area contributed by atoms with Gasteiger partial charge in [0.1, 0.15) is 18.1 Å². The lowest BCUT2D eigenvalue weighted by Crippen LogP contribution is -2.36. The second kappa shape index (κ2) is 14.0. The van der Waals surface area contributed by atoms with Crippen molar-refractivity contribution in [3.05, 3.63) is 131 Å². The third kappa shape index (κ3) is 7.97. The summed E-state index contributed by atoms with van der Waals surface area (Å²) in [5.74, 6) is 1.61. The van der Waals surface area contributed by atoms with E-state index in [0.29, 0.717) is 32.4 Å². The smallest absolute Gasteiger partial charge is 0.220 e. The highest BCUT2D eigenvalue weighted by Gasteiger charge is 2.31. The second-order valence-electron chi connectivity index (χ2n) is 10.6. The molecule has 0 saturated heterocycles. The Bertz CT molecular complexity index is 1390. The van der Waals surface area contributed by atoms with E-state index >= 15 is 0 Å². The van der Waals surface area contributed by atoms with E-state index in [0.717, 1.165) is 40.2 Å². The molecule has 0 heterocycles. The predicted octanol–water partition coefficient (Wildman–Crippen LogP) is 5.53. The van der Waals surface area contributed by atoms with Gasteiger partial charge in [-0.05, 0) is 64.9 Å². The number of hydrogen-bond donors (Lipinski definition) is 3. The number of rotatable bonds is 13. The third-order valence-electron chi connectivity index (χ3n) is 7.65. The number of methoxy groups -OCH3 is 1. The Hall–Kier alpha value is -4.13. The van der Waals surface area contributed by atoms with E-state index in [2.05, 4.69) is 34.9 Å². The van der Waals surface area contributed by atoms with Crippen LogP contribution >= 0.6 is 0 Å². The number of benzene rings is 4. The molecule has 0 aromatic heterocycles. The molecule has 41 heavy (non-hydrogen) atoms. The maximum atomic E-state index is 13.0. The molecule has 212 valence electrons. The number of aliphatic hydroxyl groups is 1. The highest BCUT2D eigenvalue weighted by molar-refractivity contribution is 5.76. The summed E-state index contributed by atoms with van der Waals surface area (Å²) < 4.78 is 11.2. The number of aliphatic hydroxyl groups excluding tert-OH is 1. The molecule has 4 aromatic carbocycles. The number of carbonyl (C=O) groups is 1. The zero-order valence-electron chi connectivity index (χ0n) is 23.5. The summed E-state index contributed by atoms with van der Waals surface area (Å²) in [7, 11) is 1.66. The van der Waals surface area contributed by atoms with Crippen LogP contribution in [0.25, 0.3) is 0 Å². The lowest BCUT2D eigenvalue weighted by atomic mass is 10.0. The van der Waals surface area contributed by atoms with E-state index in [1.54, 1.807) is 7.11 Å². The fraction of sp³-hybridized carbons (Fsp3) is 0.286. The maximum Gasteiger partial charge on any atom is 0.220 e. The highest BCUT2D eigenvalue weighted by Crippen LogP contribution is 2.31. The van der Waals surface area contributed by atoms with Crippen molar-refractivity contribution < 1.29 is 19.4 Å². The first-order chi connectivity index (χ1) is 20.1. The van der Waals surface area contributed by atoms with Crippen molar-refractivity contribution in [2.75, 3.05) is 7.11 Å². The molecular formula is C35H38N2O4. The van der Waals surface area contributed by atoms with Crippen LogP contribution in [0.15, 0.2) is 103 Å². The molecule has 5 rings (SSSR count). The number of hydrogen-bond acceptors (Lipinski definition) is 5. The molecule has 4 aromatic rings. The normalized spacial score (nSPS) is 16.5. The van der Waals surface area contributed by atoms with Gasteiger partial charge >= 0.3 is 0 Å². The summed E-state index contributed by atoms with van der Waals surface area (Å²) in [6.07, 6.45) is 1.78. The molecule has 3 N–H and O–H groups in total. The lowest BCUT2D eigenvalue weighted by Gasteiger charge is -2.21. The van der Waals surface area contributed by atoms with Crippen LogP contribution in [0.3, 0.4) is 0 Å². The molecule has 0 fully saturated rings. The van der Waals surface area contributed by atoms with Crippen LogP contribution in [0.1, 0.15) is 46.7 Å². The quantitative estimate of drug-likeness (QED) is 0.204. The van der Waals surface area contributed by atoms with Crippen molar-refractivity contribution >= 4 is 5.91 Å². The summed E-state index contributed by atoms with van der Waals surface area (Å²) in [4.78, 5) is 13.0. The predicted molar refractivity (Wildman–Crippen MR) is 161 cm³/mol. The van der Waals surface area contributed by atoms with Gasteiger partial charge in [-0.15, -0.1) is 0 Å². The van der Waals surface area contributed by atoms with Crippen LogP contribution in [0.2, 0.25) is 0 Å². The Morgan fingerprint density at radius 3 is 2.29 bits per heavy atom. The standard InChI is InChI=1S/C35H38N2O4/c1-40-30-16-13-26(14-17-30)23-36-29(15-20-34(39)37-35-32-10-6-5-9-28(32)22-33(35)38)21-25-11-18-31(19-12-25)41-24-27-7-3-2-4-8-27/h2-14,16-19,29,33,35-36,38H,15,20-24H2,1H3,(H,37,39)/t29-,33+,35-/m1/s1. The highest BCUT2D eigenvalue weighted by atomic mass is 16.5. The van der Waals surface area contributed by atoms with E-state index in [1.807, 2.05) is 78.9 Å². The lowest BCUT2D eigenvalue weighted by molar-refractivity contribution is -0.122. The van der Waals surface area contributed by atoms with E-state index < -0.39 is 6.10 Å². The third-order valence-corrected chi connectivity index (χ3v) is 7.65. The molecule has 0 radical (unpaired) electrons. The number of carbonyl (C=O) groups excluding carboxylic acids is 1. The van der Waals surface area contributed by atoms with Crippen molar-refractivity contribution in [2.45, 2.75) is 57.0 Å². The topological polar surface area (TPSA) is 79.8 Å². The van der Waals surface area contributed by atoms with Crippen LogP contribution in [0.5, 0.6) is 11.5 Å². The SMILES string of the molecule is COc1ccc(CN[C@H](CCC(=O)N[C@@H]2c3ccccc3C[C@@H]2O)Cc2ccc(OCc3ccccc3)cc2)cc1. The van der Waals surface area contributed by atoms with Crippen LogP contribution in [0.4, 0.5) is 0 Å². The molecule has 6 heteroatoms. The minimum absolute atomic E-state index is 0.0494. The molecule has 1 aliphatic carbocycles.